The molecule has 2 aromatic rings. The Morgan fingerprint density at radius 2 is 2.33 bits per heavy atom. The monoisotopic (exact) mass is 325 g/mol. The number of hydrogen-bond acceptors (Lipinski definition) is 6. The molecule has 1 atom stereocenters. The Morgan fingerprint density at radius 1 is 1.52 bits per heavy atom. The number of anilines is 1. The number of thiazole rings is 1. The van der Waals surface area contributed by atoms with Crippen LogP contribution in [0.1, 0.15) is 13.3 Å². The van der Waals surface area contributed by atoms with Crippen LogP contribution in [0.2, 0.25) is 0 Å². The van der Waals surface area contributed by atoms with E-state index in [1.165, 1.54) is 11.3 Å². The molecule has 0 aliphatic rings. The van der Waals surface area contributed by atoms with E-state index in [0.29, 0.717) is 24.6 Å². The van der Waals surface area contributed by atoms with Crippen molar-refractivity contribution in [2.45, 2.75) is 19.4 Å². The minimum Gasteiger partial charge on any atom is -0.393 e. The van der Waals surface area contributed by atoms with Crippen LogP contribution >= 0.6 is 22.7 Å². The molecule has 0 aliphatic heterocycles. The van der Waals surface area contributed by atoms with E-state index >= 15 is 0 Å². The van der Waals surface area contributed by atoms with Crippen LogP contribution in [0.25, 0.3) is 10.6 Å². The van der Waals surface area contributed by atoms with Crippen LogP contribution in [0.5, 0.6) is 0 Å². The van der Waals surface area contributed by atoms with Crippen molar-refractivity contribution in [2.75, 3.05) is 25.5 Å². The zero-order valence-corrected chi connectivity index (χ0v) is 13.7. The van der Waals surface area contributed by atoms with Crippen LogP contribution in [0.15, 0.2) is 22.9 Å². The average molecular weight is 325 g/mol. The number of hydrogen-bond donors (Lipinski definition) is 2. The molecule has 0 bridgehead atoms. The van der Waals surface area contributed by atoms with Gasteiger partial charge >= 0.3 is 0 Å². The Bertz CT molecular complexity index is 567. The third kappa shape index (κ3) is 5.20. The van der Waals surface area contributed by atoms with Gasteiger partial charge < -0.3 is 10.4 Å². The number of aliphatic hydroxyl groups excluding tert-OH is 1. The molecule has 0 aromatic carbocycles. The summed E-state index contributed by atoms with van der Waals surface area (Å²) in [5, 5.41) is 16.6. The molecule has 0 spiro atoms. The third-order valence-electron chi connectivity index (χ3n) is 2.87. The predicted octanol–water partition coefficient (Wildman–Crippen LogP) is 2.51. The first kappa shape index (κ1) is 16.1. The van der Waals surface area contributed by atoms with Gasteiger partial charge in [0.2, 0.25) is 5.91 Å². The van der Waals surface area contributed by atoms with Crippen LogP contribution in [-0.2, 0) is 4.79 Å². The van der Waals surface area contributed by atoms with Crippen LogP contribution in [0.3, 0.4) is 0 Å². The number of nitrogens with zero attached hydrogens (tertiary/aromatic N) is 2. The first-order valence-corrected chi connectivity index (χ1v) is 8.46. The molecule has 1 amide bonds. The summed E-state index contributed by atoms with van der Waals surface area (Å²) in [6, 6.07) is 3.99. The molecule has 0 saturated heterocycles. The molecule has 0 fully saturated rings. The summed E-state index contributed by atoms with van der Waals surface area (Å²) in [6.45, 7) is 2.72. The van der Waals surface area contributed by atoms with E-state index in [1.807, 2.05) is 34.8 Å². The number of likely N-dealkylation sites (N-methyl/N-ethyl adjacent to an activating group) is 1. The van der Waals surface area contributed by atoms with E-state index in [0.717, 1.165) is 10.6 Å². The molecule has 7 heteroatoms. The minimum atomic E-state index is -0.345. The predicted molar refractivity (Wildman–Crippen MR) is 87.9 cm³/mol. The average Bonchev–Trinajstić information content (AvgIpc) is 3.06. The van der Waals surface area contributed by atoms with Gasteiger partial charge in [-0.15, -0.1) is 22.7 Å². The molecule has 2 heterocycles. The second kappa shape index (κ2) is 7.65. The first-order valence-electron chi connectivity index (χ1n) is 6.70. The van der Waals surface area contributed by atoms with Crippen LogP contribution in [0.4, 0.5) is 5.13 Å². The maximum atomic E-state index is 11.9. The van der Waals surface area contributed by atoms with Crippen LogP contribution in [0, 0.1) is 0 Å². The molecule has 0 saturated carbocycles. The summed E-state index contributed by atoms with van der Waals surface area (Å²) in [5.41, 5.74) is 0.896. The number of thiophene rings is 1. The Balaban J connectivity index is 1.83. The normalized spacial score (nSPS) is 12.6. The van der Waals surface area contributed by atoms with Crippen molar-refractivity contribution in [2.24, 2.45) is 0 Å². The summed E-state index contributed by atoms with van der Waals surface area (Å²) in [6.07, 6.45) is 0.312. The molecular weight excluding hydrogens is 306 g/mol. The van der Waals surface area contributed by atoms with Crippen LogP contribution < -0.4 is 5.32 Å². The Morgan fingerprint density at radius 3 is 3.00 bits per heavy atom. The zero-order valence-electron chi connectivity index (χ0n) is 12.1. The summed E-state index contributed by atoms with van der Waals surface area (Å²) < 4.78 is 0. The highest BCUT2D eigenvalue weighted by atomic mass is 32.1. The molecule has 0 radical (unpaired) electrons. The number of rotatable bonds is 7. The van der Waals surface area contributed by atoms with Gasteiger partial charge in [0.05, 0.1) is 23.2 Å². The second-order valence-corrected chi connectivity index (χ2v) is 6.74. The lowest BCUT2D eigenvalue weighted by Gasteiger charge is -2.16. The molecule has 2 aromatic heterocycles. The van der Waals surface area contributed by atoms with Gasteiger partial charge in [-0.3, -0.25) is 9.69 Å². The highest BCUT2D eigenvalue weighted by Gasteiger charge is 2.11. The summed E-state index contributed by atoms with van der Waals surface area (Å²) >= 11 is 3.05. The van der Waals surface area contributed by atoms with Gasteiger partial charge in [0.25, 0.3) is 0 Å². The van der Waals surface area contributed by atoms with Crippen molar-refractivity contribution in [1.82, 2.24) is 9.88 Å². The lowest BCUT2D eigenvalue weighted by Crippen LogP contribution is -2.31. The quantitative estimate of drug-likeness (QED) is 0.821. The third-order valence-corrected chi connectivity index (χ3v) is 4.52. The van der Waals surface area contributed by atoms with Gasteiger partial charge in [0.1, 0.15) is 0 Å². The summed E-state index contributed by atoms with van der Waals surface area (Å²) in [7, 11) is 1.86. The Hall–Kier alpha value is -1.28. The second-order valence-electron chi connectivity index (χ2n) is 4.94. The molecule has 21 heavy (non-hydrogen) atoms. The number of carbonyl (C=O) groups is 1. The van der Waals surface area contributed by atoms with E-state index in [1.54, 1.807) is 18.3 Å². The number of carbonyl (C=O) groups excluding carboxylic acids is 1. The molecule has 114 valence electrons. The van der Waals surface area contributed by atoms with E-state index in [-0.39, 0.29) is 12.0 Å². The van der Waals surface area contributed by atoms with E-state index in [9.17, 15) is 9.90 Å². The topological polar surface area (TPSA) is 65.5 Å². The highest BCUT2D eigenvalue weighted by Crippen LogP contribution is 2.28. The van der Waals surface area contributed by atoms with E-state index in [4.69, 9.17) is 0 Å². The van der Waals surface area contributed by atoms with Crippen molar-refractivity contribution < 1.29 is 9.90 Å². The fraction of sp³-hybridized carbons (Fsp3) is 0.429. The van der Waals surface area contributed by atoms with Gasteiger partial charge in [-0.2, -0.15) is 0 Å². The standard InChI is InChI=1S/C14H19N3O2S2/c1-10(18)5-6-17(2)8-13(19)16-14-15-11(9-21-14)12-4-3-7-20-12/h3-4,7,9-10,18H,5-6,8H2,1-2H3,(H,15,16,19). The Labute approximate surface area is 132 Å². The first-order chi connectivity index (χ1) is 10.0. The Kier molecular flexibility index (Phi) is 5.86. The molecule has 0 aliphatic carbocycles. The molecule has 2 N–H and O–H groups in total. The van der Waals surface area contributed by atoms with Gasteiger partial charge in [-0.1, -0.05) is 6.07 Å². The fourth-order valence-electron chi connectivity index (χ4n) is 1.76. The smallest absolute Gasteiger partial charge is 0.240 e. The summed E-state index contributed by atoms with van der Waals surface area (Å²) in [5.74, 6) is -0.0878. The number of aromatic nitrogens is 1. The van der Waals surface area contributed by atoms with Crippen molar-refractivity contribution in [3.8, 4) is 10.6 Å². The van der Waals surface area contributed by atoms with Crippen LogP contribution in [-0.4, -0.2) is 47.1 Å². The molecule has 2 rings (SSSR count). The van der Waals surface area contributed by atoms with E-state index < -0.39 is 0 Å². The SMILES string of the molecule is CC(O)CCN(C)CC(=O)Nc1nc(-c2cccs2)cs1. The minimum absolute atomic E-state index is 0.0878. The van der Waals surface area contributed by atoms with Crippen molar-refractivity contribution in [3.05, 3.63) is 22.9 Å². The maximum Gasteiger partial charge on any atom is 0.240 e. The highest BCUT2D eigenvalue weighted by molar-refractivity contribution is 7.16. The van der Waals surface area contributed by atoms with Gasteiger partial charge in [0, 0.05) is 11.9 Å². The number of amides is 1. The summed E-state index contributed by atoms with van der Waals surface area (Å²) in [4.78, 5) is 19.3. The van der Waals surface area contributed by atoms with Crippen molar-refractivity contribution in [1.29, 1.82) is 0 Å². The molecular formula is C14H19N3O2S2. The fourth-order valence-corrected chi connectivity index (χ4v) is 3.25. The van der Waals surface area contributed by atoms with Crippen molar-refractivity contribution >= 4 is 33.7 Å². The lowest BCUT2D eigenvalue weighted by atomic mass is 10.3. The van der Waals surface area contributed by atoms with Gasteiger partial charge in [-0.25, -0.2) is 4.98 Å². The van der Waals surface area contributed by atoms with Gasteiger partial charge in [0.15, 0.2) is 5.13 Å². The molecule has 5 nitrogen and oxygen atoms in total. The lowest BCUT2D eigenvalue weighted by molar-refractivity contribution is -0.117. The zero-order chi connectivity index (χ0) is 15.2. The van der Waals surface area contributed by atoms with E-state index in [2.05, 4.69) is 10.3 Å². The van der Waals surface area contributed by atoms with Crippen molar-refractivity contribution in [3.63, 3.8) is 0 Å². The number of aliphatic hydroxyl groups is 1. The van der Waals surface area contributed by atoms with Gasteiger partial charge in [-0.05, 0) is 31.8 Å². The number of nitrogens with one attached hydrogen (secondary N) is 1. The molecule has 1 unspecified atom stereocenters. The maximum absolute atomic E-state index is 11.9. The largest absolute Gasteiger partial charge is 0.393 e.